The number of hydrogen-bond donors (Lipinski definition) is 1. The van der Waals surface area contributed by atoms with Crippen molar-refractivity contribution in [1.82, 2.24) is 0 Å². The summed E-state index contributed by atoms with van der Waals surface area (Å²) in [5.41, 5.74) is 5.74. The predicted molar refractivity (Wildman–Crippen MR) is 74.6 cm³/mol. The molecule has 2 N–H and O–H groups in total. The molecule has 1 aromatic rings. The number of rotatable bonds is 8. The molecule has 0 radical (unpaired) electrons. The third-order valence-electron chi connectivity index (χ3n) is 3.29. The van der Waals surface area contributed by atoms with Gasteiger partial charge in [-0.1, -0.05) is 33.1 Å². The monoisotopic (exact) mass is 271 g/mol. The normalized spacial score (nSPS) is 12.7. The number of hydrogen-bond acceptors (Lipinski definition) is 2. The lowest BCUT2D eigenvalue weighted by Gasteiger charge is -2.17. The zero-order chi connectivity index (χ0) is 14.3. The molecular formula is C15H23F2NO. The summed E-state index contributed by atoms with van der Waals surface area (Å²) in [5, 5.41) is 0. The standard InChI is InChI=1S/C15H23F2NO/c1-3-5-6-11(4-2)10-19-14-8-7-12(18)9-13(14)15(16)17/h7-9,11,15H,3-6,10,18H2,1-2H3. The zero-order valence-corrected chi connectivity index (χ0v) is 11.7. The van der Waals surface area contributed by atoms with Gasteiger partial charge >= 0.3 is 0 Å². The molecular weight excluding hydrogens is 248 g/mol. The maximum atomic E-state index is 12.9. The van der Waals surface area contributed by atoms with E-state index >= 15 is 0 Å². The van der Waals surface area contributed by atoms with Crippen LogP contribution in [0.4, 0.5) is 14.5 Å². The van der Waals surface area contributed by atoms with Crippen LogP contribution in [0.2, 0.25) is 0 Å². The number of nitrogens with two attached hydrogens (primary N) is 1. The summed E-state index contributed by atoms with van der Waals surface area (Å²) in [7, 11) is 0. The number of anilines is 1. The first kappa shape index (κ1) is 15.7. The highest BCUT2D eigenvalue weighted by molar-refractivity contribution is 5.48. The van der Waals surface area contributed by atoms with Gasteiger partial charge in [-0.05, 0) is 30.5 Å². The lowest BCUT2D eigenvalue weighted by atomic mass is 10.0. The fourth-order valence-electron chi connectivity index (χ4n) is 1.97. The maximum absolute atomic E-state index is 12.9. The fraction of sp³-hybridized carbons (Fsp3) is 0.600. The van der Waals surface area contributed by atoms with Crippen molar-refractivity contribution in [2.75, 3.05) is 12.3 Å². The Hall–Kier alpha value is -1.32. The topological polar surface area (TPSA) is 35.2 Å². The molecule has 0 fully saturated rings. The molecule has 1 unspecified atom stereocenters. The number of benzene rings is 1. The van der Waals surface area contributed by atoms with Crippen LogP contribution in [0.15, 0.2) is 18.2 Å². The van der Waals surface area contributed by atoms with Gasteiger partial charge in [0.2, 0.25) is 0 Å². The van der Waals surface area contributed by atoms with Crippen molar-refractivity contribution in [1.29, 1.82) is 0 Å². The van der Waals surface area contributed by atoms with Gasteiger partial charge < -0.3 is 10.5 Å². The molecule has 108 valence electrons. The van der Waals surface area contributed by atoms with Crippen molar-refractivity contribution < 1.29 is 13.5 Å². The Morgan fingerprint density at radius 1 is 1.26 bits per heavy atom. The molecule has 0 bridgehead atoms. The van der Waals surface area contributed by atoms with Gasteiger partial charge in [0.1, 0.15) is 5.75 Å². The van der Waals surface area contributed by atoms with Gasteiger partial charge in [0.05, 0.1) is 12.2 Å². The Kier molecular flexibility index (Phi) is 6.60. The molecule has 0 aliphatic carbocycles. The molecule has 0 heterocycles. The highest BCUT2D eigenvalue weighted by Gasteiger charge is 2.16. The molecule has 19 heavy (non-hydrogen) atoms. The SMILES string of the molecule is CCCCC(CC)COc1ccc(N)cc1C(F)F. The van der Waals surface area contributed by atoms with Crippen LogP contribution in [0, 0.1) is 5.92 Å². The number of ether oxygens (including phenoxy) is 1. The first-order valence-corrected chi connectivity index (χ1v) is 6.88. The molecule has 0 aliphatic rings. The Bertz CT molecular complexity index is 382. The van der Waals surface area contributed by atoms with Crippen LogP contribution in [-0.4, -0.2) is 6.61 Å². The molecule has 2 nitrogen and oxygen atoms in total. The Balaban J connectivity index is 2.65. The van der Waals surface area contributed by atoms with Crippen LogP contribution in [-0.2, 0) is 0 Å². The van der Waals surface area contributed by atoms with E-state index in [1.165, 1.54) is 12.1 Å². The van der Waals surface area contributed by atoms with Crippen LogP contribution < -0.4 is 10.5 Å². The minimum atomic E-state index is -2.56. The summed E-state index contributed by atoms with van der Waals surface area (Å²) in [6.45, 7) is 4.73. The summed E-state index contributed by atoms with van der Waals surface area (Å²) in [5.74, 6) is 0.669. The van der Waals surface area contributed by atoms with E-state index in [0.717, 1.165) is 25.7 Å². The number of nitrogen functional groups attached to an aromatic ring is 1. The summed E-state index contributed by atoms with van der Waals surface area (Å²) in [6, 6.07) is 4.41. The van der Waals surface area contributed by atoms with Crippen molar-refractivity contribution >= 4 is 5.69 Å². The summed E-state index contributed by atoms with van der Waals surface area (Å²) >= 11 is 0. The quantitative estimate of drug-likeness (QED) is 0.689. The largest absolute Gasteiger partial charge is 0.493 e. The second-order valence-electron chi connectivity index (χ2n) is 4.83. The Morgan fingerprint density at radius 2 is 2.00 bits per heavy atom. The minimum Gasteiger partial charge on any atom is -0.493 e. The highest BCUT2D eigenvalue weighted by Crippen LogP contribution is 2.31. The van der Waals surface area contributed by atoms with E-state index < -0.39 is 6.43 Å². The van der Waals surface area contributed by atoms with Crippen molar-refractivity contribution in [2.45, 2.75) is 46.0 Å². The first-order valence-electron chi connectivity index (χ1n) is 6.88. The molecule has 0 amide bonds. The van der Waals surface area contributed by atoms with Gasteiger partial charge in [0.15, 0.2) is 0 Å². The average Bonchev–Trinajstić information content (AvgIpc) is 2.40. The first-order chi connectivity index (χ1) is 9.08. The van der Waals surface area contributed by atoms with Crippen molar-refractivity contribution in [2.24, 2.45) is 5.92 Å². The smallest absolute Gasteiger partial charge is 0.267 e. The van der Waals surface area contributed by atoms with E-state index in [1.807, 2.05) is 0 Å². The van der Waals surface area contributed by atoms with Crippen molar-refractivity contribution in [3.8, 4) is 5.75 Å². The summed E-state index contributed by atoms with van der Waals surface area (Å²) in [4.78, 5) is 0. The van der Waals surface area contributed by atoms with E-state index in [2.05, 4.69) is 13.8 Å². The molecule has 0 saturated heterocycles. The summed E-state index contributed by atoms with van der Waals surface area (Å²) < 4.78 is 31.3. The maximum Gasteiger partial charge on any atom is 0.267 e. The Labute approximate surface area is 114 Å². The van der Waals surface area contributed by atoms with Gasteiger partial charge in [-0.3, -0.25) is 0 Å². The lowest BCUT2D eigenvalue weighted by Crippen LogP contribution is -2.12. The van der Waals surface area contributed by atoms with Crippen LogP contribution in [0.5, 0.6) is 5.75 Å². The van der Waals surface area contributed by atoms with Crippen LogP contribution in [0.3, 0.4) is 0 Å². The average molecular weight is 271 g/mol. The zero-order valence-electron chi connectivity index (χ0n) is 11.7. The third-order valence-corrected chi connectivity index (χ3v) is 3.29. The van der Waals surface area contributed by atoms with Gasteiger partial charge in [0, 0.05) is 5.69 Å². The van der Waals surface area contributed by atoms with Crippen LogP contribution in [0.1, 0.15) is 51.5 Å². The lowest BCUT2D eigenvalue weighted by molar-refractivity contribution is 0.142. The molecule has 0 saturated carbocycles. The molecule has 0 aliphatic heterocycles. The van der Waals surface area contributed by atoms with Crippen LogP contribution in [0.25, 0.3) is 0 Å². The molecule has 4 heteroatoms. The number of halogens is 2. The molecule has 1 atom stereocenters. The van der Waals surface area contributed by atoms with E-state index in [-0.39, 0.29) is 11.3 Å². The number of unbranched alkanes of at least 4 members (excludes halogenated alkanes) is 1. The predicted octanol–water partition coefficient (Wildman–Crippen LogP) is 4.80. The third kappa shape index (κ3) is 5.05. The van der Waals surface area contributed by atoms with Gasteiger partial charge in [-0.15, -0.1) is 0 Å². The highest BCUT2D eigenvalue weighted by atomic mass is 19.3. The molecule has 0 spiro atoms. The second-order valence-corrected chi connectivity index (χ2v) is 4.83. The van der Waals surface area contributed by atoms with Gasteiger partial charge in [-0.25, -0.2) is 8.78 Å². The molecule has 1 aromatic carbocycles. The van der Waals surface area contributed by atoms with Gasteiger partial charge in [0.25, 0.3) is 6.43 Å². The Morgan fingerprint density at radius 3 is 2.58 bits per heavy atom. The second kappa shape index (κ2) is 7.97. The summed E-state index contributed by atoms with van der Waals surface area (Å²) in [6.07, 6.45) is 1.80. The van der Waals surface area contributed by atoms with E-state index in [9.17, 15) is 8.78 Å². The minimum absolute atomic E-state index is 0.120. The van der Waals surface area contributed by atoms with Gasteiger partial charge in [-0.2, -0.15) is 0 Å². The van der Waals surface area contributed by atoms with E-state index in [0.29, 0.717) is 18.2 Å². The molecule has 1 rings (SSSR count). The van der Waals surface area contributed by atoms with E-state index in [1.54, 1.807) is 6.07 Å². The van der Waals surface area contributed by atoms with Crippen LogP contribution >= 0.6 is 0 Å². The number of alkyl halides is 2. The van der Waals surface area contributed by atoms with E-state index in [4.69, 9.17) is 10.5 Å². The van der Waals surface area contributed by atoms with Crippen molar-refractivity contribution in [3.05, 3.63) is 23.8 Å². The molecule has 0 aromatic heterocycles. The fourth-order valence-corrected chi connectivity index (χ4v) is 1.97. The van der Waals surface area contributed by atoms with Crippen molar-refractivity contribution in [3.63, 3.8) is 0 Å².